The number of fused-ring (bicyclic) bond motifs is 1. The maximum Gasteiger partial charge on any atom is 0.255 e. The number of thioether (sulfide) groups is 1. The van der Waals surface area contributed by atoms with Gasteiger partial charge >= 0.3 is 0 Å². The van der Waals surface area contributed by atoms with Crippen molar-refractivity contribution in [1.82, 2.24) is 0 Å². The molecule has 0 saturated carbocycles. The predicted octanol–water partition coefficient (Wildman–Crippen LogP) is 2.95. The van der Waals surface area contributed by atoms with Gasteiger partial charge in [0.25, 0.3) is 5.91 Å². The molecule has 2 amide bonds. The van der Waals surface area contributed by atoms with Gasteiger partial charge in [-0.25, -0.2) is 4.21 Å². The highest BCUT2D eigenvalue weighted by Crippen LogP contribution is 2.36. The fourth-order valence-electron chi connectivity index (χ4n) is 2.21. The number of benzene rings is 2. The van der Waals surface area contributed by atoms with Crippen LogP contribution < -0.4 is 10.6 Å². The van der Waals surface area contributed by atoms with Gasteiger partial charge in [-0.1, -0.05) is 0 Å². The van der Waals surface area contributed by atoms with Crippen LogP contribution in [0.1, 0.15) is 17.3 Å². The monoisotopic (exact) mass is 362 g/mol. The lowest BCUT2D eigenvalue weighted by Crippen LogP contribution is -2.26. The second kappa shape index (κ2) is 6.76. The van der Waals surface area contributed by atoms with Gasteiger partial charge in [-0.3, -0.25) is 9.59 Å². The van der Waals surface area contributed by atoms with E-state index in [-0.39, 0.29) is 22.0 Å². The lowest BCUT2D eigenvalue weighted by molar-refractivity contribution is -0.115. The smallest absolute Gasteiger partial charge is 0.255 e. The topological polar surface area (TPSA) is 95.5 Å². The van der Waals surface area contributed by atoms with Gasteiger partial charge in [-0.2, -0.15) is 0 Å². The summed E-state index contributed by atoms with van der Waals surface area (Å²) in [6.07, 6.45) is 0. The third-order valence-electron chi connectivity index (χ3n) is 3.49. The number of carbonyl (C=O) groups is 2. The van der Waals surface area contributed by atoms with E-state index in [2.05, 4.69) is 10.6 Å². The SMILES string of the molecule is C[C@H]1Sc2ccc(C(=O)Nc3ccc(S(=O)O)cc3)cc2NC1=O. The van der Waals surface area contributed by atoms with Crippen LogP contribution in [0.5, 0.6) is 0 Å². The first-order chi connectivity index (χ1) is 11.4. The molecule has 1 unspecified atom stereocenters. The van der Waals surface area contributed by atoms with Crippen LogP contribution in [0.15, 0.2) is 52.3 Å². The summed E-state index contributed by atoms with van der Waals surface area (Å²) >= 11 is -0.597. The third kappa shape index (κ3) is 3.50. The Kier molecular flexibility index (Phi) is 4.70. The lowest BCUT2D eigenvalue weighted by atomic mass is 10.1. The van der Waals surface area contributed by atoms with Gasteiger partial charge in [-0.05, 0) is 49.4 Å². The van der Waals surface area contributed by atoms with Crippen molar-refractivity contribution < 1.29 is 18.4 Å². The molecular formula is C16H14N2O4S2. The molecule has 6 nitrogen and oxygen atoms in total. The van der Waals surface area contributed by atoms with Gasteiger partial charge in [0.1, 0.15) is 0 Å². The summed E-state index contributed by atoms with van der Waals surface area (Å²) in [4.78, 5) is 25.2. The zero-order valence-corrected chi connectivity index (χ0v) is 14.2. The van der Waals surface area contributed by atoms with Crippen molar-refractivity contribution in [2.75, 3.05) is 10.6 Å². The molecule has 0 aliphatic carbocycles. The molecule has 2 aromatic rings. The number of anilines is 2. The van der Waals surface area contributed by atoms with E-state index in [4.69, 9.17) is 4.55 Å². The predicted molar refractivity (Wildman–Crippen MR) is 93.8 cm³/mol. The van der Waals surface area contributed by atoms with Crippen molar-refractivity contribution in [1.29, 1.82) is 0 Å². The second-order valence-corrected chi connectivity index (χ2v) is 7.54. The molecule has 0 bridgehead atoms. The van der Waals surface area contributed by atoms with Crippen LogP contribution >= 0.6 is 11.8 Å². The quantitative estimate of drug-likeness (QED) is 0.730. The zero-order chi connectivity index (χ0) is 17.3. The van der Waals surface area contributed by atoms with Crippen LogP contribution in [-0.2, 0) is 15.9 Å². The van der Waals surface area contributed by atoms with Gasteiger partial charge < -0.3 is 15.2 Å². The highest BCUT2D eigenvalue weighted by atomic mass is 32.2. The van der Waals surface area contributed by atoms with Gasteiger partial charge in [0.15, 0.2) is 11.1 Å². The lowest BCUT2D eigenvalue weighted by Gasteiger charge is -2.21. The minimum absolute atomic E-state index is 0.0855. The molecule has 0 aromatic heterocycles. The fraction of sp³-hybridized carbons (Fsp3) is 0.125. The molecule has 24 heavy (non-hydrogen) atoms. The second-order valence-electron chi connectivity index (χ2n) is 5.19. The van der Waals surface area contributed by atoms with Crippen LogP contribution in [-0.4, -0.2) is 25.8 Å². The molecule has 124 valence electrons. The number of rotatable bonds is 3. The molecule has 0 radical (unpaired) electrons. The number of nitrogens with one attached hydrogen (secondary N) is 2. The standard InChI is InChI=1S/C16H14N2O4S2/c1-9-15(19)18-13-8-10(2-7-14(13)23-9)16(20)17-11-3-5-12(6-4-11)24(21)22/h2-9H,1H3,(H,17,20)(H,18,19)(H,21,22)/t9-/m1/s1. The number of amides is 2. The van der Waals surface area contributed by atoms with E-state index in [1.165, 1.54) is 23.9 Å². The molecule has 3 N–H and O–H groups in total. The average Bonchev–Trinajstić information content (AvgIpc) is 2.56. The molecule has 2 atom stereocenters. The highest BCUT2D eigenvalue weighted by Gasteiger charge is 2.23. The number of hydrogen-bond donors (Lipinski definition) is 3. The zero-order valence-electron chi connectivity index (χ0n) is 12.6. The highest BCUT2D eigenvalue weighted by molar-refractivity contribution is 8.00. The molecule has 1 heterocycles. The Labute approximate surface area is 145 Å². The Bertz CT molecular complexity index is 836. The molecule has 3 rings (SSSR count). The molecule has 2 aromatic carbocycles. The van der Waals surface area contributed by atoms with E-state index in [0.29, 0.717) is 16.9 Å². The maximum atomic E-state index is 12.3. The molecule has 1 aliphatic heterocycles. The van der Waals surface area contributed by atoms with E-state index in [9.17, 15) is 13.8 Å². The van der Waals surface area contributed by atoms with E-state index in [1.807, 2.05) is 13.0 Å². The summed E-state index contributed by atoms with van der Waals surface area (Å²) in [6.45, 7) is 1.83. The third-order valence-corrected chi connectivity index (χ3v) is 5.34. The van der Waals surface area contributed by atoms with Crippen LogP contribution in [0.25, 0.3) is 0 Å². The normalized spacial score (nSPS) is 17.6. The van der Waals surface area contributed by atoms with E-state index < -0.39 is 11.1 Å². The fourth-order valence-corrected chi connectivity index (χ4v) is 3.51. The summed E-state index contributed by atoms with van der Waals surface area (Å²) in [5, 5.41) is 5.34. The summed E-state index contributed by atoms with van der Waals surface area (Å²) in [5.41, 5.74) is 1.56. The van der Waals surface area contributed by atoms with Crippen LogP contribution in [0.3, 0.4) is 0 Å². The van der Waals surface area contributed by atoms with E-state index >= 15 is 0 Å². The Morgan fingerprint density at radius 2 is 1.96 bits per heavy atom. The van der Waals surface area contributed by atoms with Crippen LogP contribution in [0, 0.1) is 0 Å². The summed E-state index contributed by atoms with van der Waals surface area (Å²) in [7, 11) is 0. The average molecular weight is 362 g/mol. The van der Waals surface area contributed by atoms with Crippen molar-refractivity contribution in [3.8, 4) is 0 Å². The minimum atomic E-state index is -2.05. The Hall–Kier alpha value is -2.16. The van der Waals surface area contributed by atoms with Crippen LogP contribution in [0.4, 0.5) is 11.4 Å². The van der Waals surface area contributed by atoms with Crippen molar-refractivity contribution in [2.45, 2.75) is 22.0 Å². The Morgan fingerprint density at radius 1 is 1.25 bits per heavy atom. The largest absolute Gasteiger partial charge is 0.324 e. The molecule has 0 spiro atoms. The van der Waals surface area contributed by atoms with Crippen molar-refractivity contribution in [3.05, 3.63) is 48.0 Å². The summed E-state index contributed by atoms with van der Waals surface area (Å²) in [5.74, 6) is -0.411. The van der Waals surface area contributed by atoms with Crippen molar-refractivity contribution >= 4 is 46.0 Å². The van der Waals surface area contributed by atoms with Crippen molar-refractivity contribution in [3.63, 3.8) is 0 Å². The molecule has 8 heteroatoms. The first-order valence-electron chi connectivity index (χ1n) is 7.08. The van der Waals surface area contributed by atoms with Crippen LogP contribution in [0.2, 0.25) is 0 Å². The summed E-state index contributed by atoms with van der Waals surface area (Å²) < 4.78 is 19.9. The summed E-state index contributed by atoms with van der Waals surface area (Å²) in [6, 6.07) is 11.2. The Morgan fingerprint density at radius 3 is 2.62 bits per heavy atom. The van der Waals surface area contributed by atoms with Crippen molar-refractivity contribution in [2.24, 2.45) is 0 Å². The first-order valence-corrected chi connectivity index (χ1v) is 9.06. The molecular weight excluding hydrogens is 348 g/mol. The van der Waals surface area contributed by atoms with E-state index in [1.54, 1.807) is 24.3 Å². The number of carbonyl (C=O) groups excluding carboxylic acids is 2. The van der Waals surface area contributed by atoms with Gasteiger partial charge in [0.05, 0.1) is 15.8 Å². The Balaban J connectivity index is 1.77. The van der Waals surface area contributed by atoms with E-state index in [0.717, 1.165) is 4.90 Å². The first kappa shape index (κ1) is 16.7. The van der Waals surface area contributed by atoms with Gasteiger partial charge in [-0.15, -0.1) is 11.8 Å². The maximum absolute atomic E-state index is 12.3. The van der Waals surface area contributed by atoms with Gasteiger partial charge in [0.2, 0.25) is 5.91 Å². The molecule has 0 fully saturated rings. The molecule has 0 saturated heterocycles. The molecule has 1 aliphatic rings. The minimum Gasteiger partial charge on any atom is -0.324 e. The number of hydrogen-bond acceptors (Lipinski definition) is 4. The van der Waals surface area contributed by atoms with Gasteiger partial charge in [0, 0.05) is 16.1 Å².